The molecule has 0 aromatic rings. The molecule has 2 nitrogen and oxygen atoms in total. The Kier molecular flexibility index (Phi) is 4.68. The third-order valence-electron chi connectivity index (χ3n) is 1.54. The van der Waals surface area contributed by atoms with E-state index >= 15 is 0 Å². The zero-order valence-electron chi connectivity index (χ0n) is 5.80. The van der Waals surface area contributed by atoms with E-state index in [1.807, 2.05) is 13.8 Å². The number of rotatable bonds is 4. The molecule has 1 atom stereocenters. The van der Waals surface area contributed by atoms with E-state index in [4.69, 9.17) is 11.6 Å². The first-order valence-electron chi connectivity index (χ1n) is 3.22. The molecule has 0 aliphatic rings. The molecule has 0 saturated heterocycles. The zero-order chi connectivity index (χ0) is 7.28. The molecule has 0 amide bonds. The van der Waals surface area contributed by atoms with Gasteiger partial charge in [0.1, 0.15) is 0 Å². The highest BCUT2D eigenvalue weighted by atomic mass is 35.5. The van der Waals surface area contributed by atoms with Crippen LogP contribution in [-0.4, -0.2) is 5.50 Å². The second-order valence-electron chi connectivity index (χ2n) is 2.05. The molecule has 3 heteroatoms. The van der Waals surface area contributed by atoms with Crippen molar-refractivity contribution in [3.8, 4) is 0 Å². The molecular weight excluding hydrogens is 138 g/mol. The second kappa shape index (κ2) is 4.74. The van der Waals surface area contributed by atoms with Gasteiger partial charge < -0.3 is 0 Å². The van der Waals surface area contributed by atoms with Crippen molar-refractivity contribution >= 4 is 11.6 Å². The van der Waals surface area contributed by atoms with Crippen LogP contribution in [0.2, 0.25) is 0 Å². The molecule has 0 aromatic carbocycles. The van der Waals surface area contributed by atoms with Gasteiger partial charge in [-0.05, 0) is 23.9 Å². The molecule has 0 spiro atoms. The van der Waals surface area contributed by atoms with Crippen LogP contribution in [0.4, 0.5) is 0 Å². The van der Waals surface area contributed by atoms with Gasteiger partial charge in [-0.3, -0.25) is 0 Å². The van der Waals surface area contributed by atoms with Gasteiger partial charge in [-0.1, -0.05) is 25.4 Å². The molecule has 0 fully saturated rings. The van der Waals surface area contributed by atoms with E-state index in [0.29, 0.717) is 0 Å². The van der Waals surface area contributed by atoms with E-state index in [-0.39, 0.29) is 5.92 Å². The van der Waals surface area contributed by atoms with E-state index in [0.717, 1.165) is 12.8 Å². The lowest BCUT2D eigenvalue weighted by Gasteiger charge is -2.10. The Morgan fingerprint density at radius 3 is 2.00 bits per heavy atom. The second-order valence-corrected chi connectivity index (χ2v) is 2.50. The van der Waals surface area contributed by atoms with Crippen molar-refractivity contribution in [1.82, 2.24) is 0 Å². The quantitative estimate of drug-likeness (QED) is 0.343. The molecule has 9 heavy (non-hydrogen) atoms. The molecule has 0 aliphatic heterocycles. The molecule has 0 bridgehead atoms. The molecule has 0 rings (SSSR count). The smallest absolute Gasteiger partial charge is 0.149 e. The first kappa shape index (κ1) is 8.89. The summed E-state index contributed by atoms with van der Waals surface area (Å²) >= 11 is 5.55. The van der Waals surface area contributed by atoms with Gasteiger partial charge in [-0.15, -0.1) is 4.91 Å². The summed E-state index contributed by atoms with van der Waals surface area (Å²) in [5.74, 6) is 0.254. The Morgan fingerprint density at radius 2 is 1.89 bits per heavy atom. The summed E-state index contributed by atoms with van der Waals surface area (Å²) in [6, 6.07) is 0. The highest BCUT2D eigenvalue weighted by Crippen LogP contribution is 2.18. The number of hydrogen-bond donors (Lipinski definition) is 0. The van der Waals surface area contributed by atoms with Crippen molar-refractivity contribution in [2.45, 2.75) is 32.2 Å². The lowest BCUT2D eigenvalue weighted by molar-refractivity contribution is 0.473. The van der Waals surface area contributed by atoms with E-state index in [1.54, 1.807) is 0 Å². The van der Waals surface area contributed by atoms with Crippen molar-refractivity contribution in [1.29, 1.82) is 0 Å². The van der Waals surface area contributed by atoms with E-state index in [1.165, 1.54) is 0 Å². The fourth-order valence-corrected chi connectivity index (χ4v) is 1.12. The third kappa shape index (κ3) is 2.80. The Labute approximate surface area is 60.6 Å². The van der Waals surface area contributed by atoms with Gasteiger partial charge in [0.25, 0.3) is 0 Å². The summed E-state index contributed by atoms with van der Waals surface area (Å²) in [4.78, 5) is 9.88. The summed E-state index contributed by atoms with van der Waals surface area (Å²) in [5.41, 5.74) is -0.528. The van der Waals surface area contributed by atoms with Crippen molar-refractivity contribution in [2.75, 3.05) is 0 Å². The van der Waals surface area contributed by atoms with Gasteiger partial charge in [-0.25, -0.2) is 0 Å². The minimum Gasteiger partial charge on any atom is -0.149 e. The van der Waals surface area contributed by atoms with Crippen LogP contribution in [0.25, 0.3) is 0 Å². The van der Waals surface area contributed by atoms with Crippen LogP contribution < -0.4 is 0 Å². The fourth-order valence-electron chi connectivity index (χ4n) is 0.764. The highest BCUT2D eigenvalue weighted by Gasteiger charge is 2.14. The SMILES string of the molecule is CCC(CC)C(Cl)N=O. The normalized spacial score (nSPS) is 13.8. The van der Waals surface area contributed by atoms with Crippen LogP contribution in [0.3, 0.4) is 0 Å². The first-order chi connectivity index (χ1) is 4.26. The minimum absolute atomic E-state index is 0.254. The summed E-state index contributed by atoms with van der Waals surface area (Å²) < 4.78 is 0. The van der Waals surface area contributed by atoms with E-state index < -0.39 is 5.50 Å². The van der Waals surface area contributed by atoms with Crippen molar-refractivity contribution in [3.05, 3.63) is 4.91 Å². The summed E-state index contributed by atoms with van der Waals surface area (Å²) in [7, 11) is 0. The van der Waals surface area contributed by atoms with Gasteiger partial charge in [0.05, 0.1) is 0 Å². The summed E-state index contributed by atoms with van der Waals surface area (Å²) in [6.07, 6.45) is 1.85. The van der Waals surface area contributed by atoms with Crippen LogP contribution in [0, 0.1) is 10.8 Å². The Balaban J connectivity index is 3.63. The predicted octanol–water partition coefficient (Wildman–Crippen LogP) is 2.75. The van der Waals surface area contributed by atoms with Crippen LogP contribution in [0.15, 0.2) is 5.18 Å². The third-order valence-corrected chi connectivity index (χ3v) is 1.97. The Hall–Kier alpha value is -0.110. The number of nitrogens with zero attached hydrogens (tertiary/aromatic N) is 1. The van der Waals surface area contributed by atoms with Gasteiger partial charge in [0.2, 0.25) is 0 Å². The summed E-state index contributed by atoms with van der Waals surface area (Å²) in [6.45, 7) is 4.02. The molecule has 0 heterocycles. The molecule has 0 aromatic heterocycles. The van der Waals surface area contributed by atoms with Crippen molar-refractivity contribution in [3.63, 3.8) is 0 Å². The fraction of sp³-hybridized carbons (Fsp3) is 1.00. The average molecular weight is 150 g/mol. The number of halogens is 1. The molecular formula is C6H12ClNO. The average Bonchev–Trinajstić information content (AvgIpc) is 1.90. The molecule has 0 radical (unpaired) electrons. The zero-order valence-corrected chi connectivity index (χ0v) is 6.56. The highest BCUT2D eigenvalue weighted by molar-refractivity contribution is 6.20. The predicted molar refractivity (Wildman–Crippen MR) is 39.5 cm³/mol. The number of nitroso groups, excluding NO2 is 1. The maximum atomic E-state index is 9.88. The largest absolute Gasteiger partial charge is 0.168 e. The monoisotopic (exact) mass is 149 g/mol. The molecule has 1 unspecified atom stereocenters. The van der Waals surface area contributed by atoms with Gasteiger partial charge >= 0.3 is 0 Å². The van der Waals surface area contributed by atoms with Crippen LogP contribution >= 0.6 is 11.6 Å². The Bertz CT molecular complexity index is 83.1. The maximum Gasteiger partial charge on any atom is 0.168 e. The van der Waals surface area contributed by atoms with Gasteiger partial charge in [0.15, 0.2) is 5.50 Å². The van der Waals surface area contributed by atoms with Crippen LogP contribution in [0.1, 0.15) is 26.7 Å². The van der Waals surface area contributed by atoms with Crippen LogP contribution in [-0.2, 0) is 0 Å². The standard InChI is InChI=1S/C6H12ClNO/c1-3-5(4-2)6(7)8-9/h5-6H,3-4H2,1-2H3. The molecule has 0 saturated carbocycles. The molecule has 54 valence electrons. The van der Waals surface area contributed by atoms with Gasteiger partial charge in [0, 0.05) is 0 Å². The summed E-state index contributed by atoms with van der Waals surface area (Å²) in [5, 5.41) is 2.75. The lowest BCUT2D eigenvalue weighted by Crippen LogP contribution is -2.09. The number of hydrogen-bond acceptors (Lipinski definition) is 2. The van der Waals surface area contributed by atoms with E-state index in [9.17, 15) is 4.91 Å². The van der Waals surface area contributed by atoms with E-state index in [2.05, 4.69) is 5.18 Å². The van der Waals surface area contributed by atoms with Crippen molar-refractivity contribution < 1.29 is 0 Å². The lowest BCUT2D eigenvalue weighted by atomic mass is 10.0. The number of alkyl halides is 1. The maximum absolute atomic E-state index is 9.88. The first-order valence-corrected chi connectivity index (χ1v) is 3.66. The van der Waals surface area contributed by atoms with Crippen molar-refractivity contribution in [2.24, 2.45) is 11.1 Å². The topological polar surface area (TPSA) is 29.4 Å². The molecule has 0 N–H and O–H groups in total. The molecule has 0 aliphatic carbocycles. The van der Waals surface area contributed by atoms with Crippen LogP contribution in [0.5, 0.6) is 0 Å². The minimum atomic E-state index is -0.528. The van der Waals surface area contributed by atoms with Gasteiger partial charge in [-0.2, -0.15) is 0 Å². The Morgan fingerprint density at radius 1 is 1.44 bits per heavy atom.